The molecule has 0 saturated heterocycles. The van der Waals surface area contributed by atoms with E-state index in [1.807, 2.05) is 0 Å². The maximum Gasteiger partial charge on any atom is 0.330 e. The van der Waals surface area contributed by atoms with E-state index in [0.717, 1.165) is 17.4 Å². The van der Waals surface area contributed by atoms with E-state index in [2.05, 4.69) is 27.6 Å². The fraction of sp³-hybridized carbons (Fsp3) is 0.786. The van der Waals surface area contributed by atoms with Crippen molar-refractivity contribution in [1.82, 2.24) is 0 Å². The zero-order chi connectivity index (χ0) is 13.3. The number of nitrogens with zero attached hydrogens (tertiary/aromatic N) is 1. The van der Waals surface area contributed by atoms with E-state index in [-0.39, 0.29) is 17.0 Å². The first-order chi connectivity index (χ1) is 7.89. The molecule has 0 unspecified atom stereocenters. The van der Waals surface area contributed by atoms with Crippen LogP contribution in [0.15, 0.2) is 12.2 Å². The fourth-order valence-electron chi connectivity index (χ4n) is 1.91. The summed E-state index contributed by atoms with van der Waals surface area (Å²) in [5.74, 6) is -0.863. The first kappa shape index (κ1) is 20.0. The van der Waals surface area contributed by atoms with Gasteiger partial charge in [-0.15, -0.1) is 0 Å². The number of halogens is 1. The van der Waals surface area contributed by atoms with Crippen LogP contribution in [0.2, 0.25) is 0 Å². The van der Waals surface area contributed by atoms with Crippen molar-refractivity contribution in [3.8, 4) is 0 Å². The smallest absolute Gasteiger partial charge is 0.330 e. The monoisotopic (exact) mass is 321 g/mol. The molecular weight excluding hydrogens is 294 g/mol. The lowest BCUT2D eigenvalue weighted by Gasteiger charge is -2.30. The third-order valence-corrected chi connectivity index (χ3v) is 3.16. The normalized spacial score (nSPS) is 10.8. The van der Waals surface area contributed by atoms with Crippen molar-refractivity contribution in [2.24, 2.45) is 0 Å². The van der Waals surface area contributed by atoms with Crippen molar-refractivity contribution in [2.75, 3.05) is 27.2 Å². The third-order valence-electron chi connectivity index (χ3n) is 3.16. The van der Waals surface area contributed by atoms with Gasteiger partial charge in [0.15, 0.2) is 0 Å². The Balaban J connectivity index is 0. The van der Waals surface area contributed by atoms with E-state index in [1.54, 1.807) is 0 Å². The number of aliphatic carboxylic acids is 1. The van der Waals surface area contributed by atoms with Gasteiger partial charge in [0.05, 0.1) is 27.2 Å². The van der Waals surface area contributed by atoms with Gasteiger partial charge in [0, 0.05) is 12.0 Å². The maximum absolute atomic E-state index is 10.6. The quantitative estimate of drug-likeness (QED) is 0.351. The minimum absolute atomic E-state index is 0. The topological polar surface area (TPSA) is 37.3 Å². The molecule has 0 heterocycles. The highest BCUT2D eigenvalue weighted by Crippen LogP contribution is 2.09. The van der Waals surface area contributed by atoms with Gasteiger partial charge < -0.3 is 26.6 Å². The predicted molar refractivity (Wildman–Crippen MR) is 72.0 cm³/mol. The zero-order valence-corrected chi connectivity index (χ0v) is 13.6. The Bertz CT molecular complexity index is 252. The molecule has 4 heteroatoms. The second kappa shape index (κ2) is 10.6. The summed E-state index contributed by atoms with van der Waals surface area (Å²) in [6, 6.07) is 0. The van der Waals surface area contributed by atoms with Crippen molar-refractivity contribution in [3.63, 3.8) is 0 Å². The molecule has 0 saturated carbocycles. The van der Waals surface area contributed by atoms with Crippen molar-refractivity contribution < 1.29 is 31.4 Å². The largest absolute Gasteiger partial charge is 1.00 e. The lowest BCUT2D eigenvalue weighted by Crippen LogP contribution is -3.00. The molecular formula is C14H28BrNO2. The van der Waals surface area contributed by atoms with Crippen LogP contribution < -0.4 is 17.0 Å². The summed E-state index contributed by atoms with van der Waals surface area (Å²) >= 11 is 0. The Morgan fingerprint density at radius 2 is 1.67 bits per heavy atom. The number of hydrogen-bond donors (Lipinski definition) is 1. The number of hydrogen-bond acceptors (Lipinski definition) is 1. The van der Waals surface area contributed by atoms with Crippen molar-refractivity contribution in [3.05, 3.63) is 12.2 Å². The third kappa shape index (κ3) is 10.8. The minimum atomic E-state index is -0.863. The van der Waals surface area contributed by atoms with Crippen LogP contribution in [0.1, 0.15) is 45.4 Å². The standard InChI is InChI=1S/C14H27NO2.BrH/c1-5-6-7-8-11-15(3,4)12-9-10-13(2)14(16)17;/h2,5-12H2,1,3-4H3;1H. The van der Waals surface area contributed by atoms with Gasteiger partial charge in [0.1, 0.15) is 0 Å². The van der Waals surface area contributed by atoms with E-state index in [1.165, 1.54) is 32.2 Å². The SMILES string of the molecule is C=C(CCC[N+](C)(C)CCCCCC)C(=O)O.[Br-]. The molecule has 0 aliphatic rings. The maximum atomic E-state index is 10.6. The Kier molecular flexibility index (Phi) is 11.7. The summed E-state index contributed by atoms with van der Waals surface area (Å²) in [6.45, 7) is 7.98. The summed E-state index contributed by atoms with van der Waals surface area (Å²) in [6.07, 6.45) is 6.67. The van der Waals surface area contributed by atoms with Gasteiger partial charge in [0.25, 0.3) is 0 Å². The van der Waals surface area contributed by atoms with Crippen molar-refractivity contribution in [1.29, 1.82) is 0 Å². The first-order valence-corrected chi connectivity index (χ1v) is 6.62. The highest BCUT2D eigenvalue weighted by atomic mass is 79.9. The predicted octanol–water partition coefficient (Wildman–Crippen LogP) is 0.0681. The van der Waals surface area contributed by atoms with Crippen LogP contribution in [0.3, 0.4) is 0 Å². The number of rotatable bonds is 10. The van der Waals surface area contributed by atoms with Gasteiger partial charge in [-0.05, 0) is 19.3 Å². The summed E-state index contributed by atoms with van der Waals surface area (Å²) in [4.78, 5) is 10.6. The molecule has 0 atom stereocenters. The number of quaternary nitrogens is 1. The number of unbranched alkanes of at least 4 members (excludes halogenated alkanes) is 3. The molecule has 108 valence electrons. The molecule has 0 amide bonds. The summed E-state index contributed by atoms with van der Waals surface area (Å²) in [5.41, 5.74) is 0.330. The van der Waals surface area contributed by atoms with E-state index in [9.17, 15) is 4.79 Å². The molecule has 0 aliphatic heterocycles. The lowest BCUT2D eigenvalue weighted by molar-refractivity contribution is -0.890. The molecule has 0 fully saturated rings. The van der Waals surface area contributed by atoms with Crippen molar-refractivity contribution in [2.45, 2.75) is 45.4 Å². The number of carbonyl (C=O) groups is 1. The van der Waals surface area contributed by atoms with Crippen LogP contribution in [0, 0.1) is 0 Å². The summed E-state index contributed by atoms with van der Waals surface area (Å²) < 4.78 is 0.983. The molecule has 18 heavy (non-hydrogen) atoms. The second-order valence-corrected chi connectivity index (χ2v) is 5.46. The van der Waals surface area contributed by atoms with E-state index < -0.39 is 5.97 Å². The van der Waals surface area contributed by atoms with Crippen LogP contribution in [0.4, 0.5) is 0 Å². The van der Waals surface area contributed by atoms with Gasteiger partial charge in [-0.2, -0.15) is 0 Å². The number of carboxylic acids is 1. The highest BCUT2D eigenvalue weighted by Gasteiger charge is 2.14. The summed E-state index contributed by atoms with van der Waals surface area (Å²) in [7, 11) is 4.44. The average molecular weight is 322 g/mol. The Morgan fingerprint density at radius 3 is 2.17 bits per heavy atom. The molecule has 0 bridgehead atoms. The molecule has 0 radical (unpaired) electrons. The van der Waals surface area contributed by atoms with Gasteiger partial charge in [-0.1, -0.05) is 26.3 Å². The van der Waals surface area contributed by atoms with Crippen molar-refractivity contribution >= 4 is 5.97 Å². The van der Waals surface area contributed by atoms with Gasteiger partial charge in [-0.3, -0.25) is 0 Å². The Morgan fingerprint density at radius 1 is 1.11 bits per heavy atom. The van der Waals surface area contributed by atoms with Gasteiger partial charge in [0.2, 0.25) is 0 Å². The van der Waals surface area contributed by atoms with E-state index in [0.29, 0.717) is 12.0 Å². The zero-order valence-electron chi connectivity index (χ0n) is 12.0. The Hall–Kier alpha value is -0.350. The molecule has 0 spiro atoms. The molecule has 0 aliphatic carbocycles. The van der Waals surface area contributed by atoms with Crippen LogP contribution in [-0.2, 0) is 4.79 Å². The average Bonchev–Trinajstić information content (AvgIpc) is 2.24. The lowest BCUT2D eigenvalue weighted by atomic mass is 10.1. The molecule has 0 aromatic heterocycles. The van der Waals surface area contributed by atoms with Crippen LogP contribution in [0.5, 0.6) is 0 Å². The van der Waals surface area contributed by atoms with Gasteiger partial charge >= 0.3 is 5.97 Å². The molecule has 0 aromatic rings. The summed E-state index contributed by atoms with van der Waals surface area (Å²) in [5, 5.41) is 8.71. The molecule has 3 nitrogen and oxygen atoms in total. The van der Waals surface area contributed by atoms with Gasteiger partial charge in [-0.25, -0.2) is 4.79 Å². The van der Waals surface area contributed by atoms with E-state index in [4.69, 9.17) is 5.11 Å². The van der Waals surface area contributed by atoms with Crippen LogP contribution >= 0.6 is 0 Å². The van der Waals surface area contributed by atoms with E-state index >= 15 is 0 Å². The second-order valence-electron chi connectivity index (χ2n) is 5.46. The fourth-order valence-corrected chi connectivity index (χ4v) is 1.91. The number of carboxylic acid groups (broad SMARTS) is 1. The molecule has 1 N–H and O–H groups in total. The first-order valence-electron chi connectivity index (χ1n) is 6.62. The highest BCUT2D eigenvalue weighted by molar-refractivity contribution is 5.85. The van der Waals surface area contributed by atoms with Crippen LogP contribution in [0.25, 0.3) is 0 Å². The Labute approximate surface area is 122 Å². The van der Waals surface area contributed by atoms with Crippen LogP contribution in [-0.4, -0.2) is 42.7 Å². The molecule has 0 rings (SSSR count). The molecule has 0 aromatic carbocycles. The minimum Gasteiger partial charge on any atom is -1.00 e.